The molecule has 0 aliphatic carbocycles. The zero-order valence-corrected chi connectivity index (χ0v) is 15.9. The minimum Gasteiger partial charge on any atom is -0.300 e. The third kappa shape index (κ3) is 3.17. The van der Waals surface area contributed by atoms with Gasteiger partial charge in [0.25, 0.3) is 0 Å². The first-order valence-corrected chi connectivity index (χ1v) is 9.98. The molecule has 0 bridgehead atoms. The number of rotatable bonds is 4. The van der Waals surface area contributed by atoms with Crippen LogP contribution in [0, 0.1) is 0 Å². The van der Waals surface area contributed by atoms with Crippen molar-refractivity contribution in [3.63, 3.8) is 0 Å². The lowest BCUT2D eigenvalue weighted by atomic mass is 10.0. The van der Waals surface area contributed by atoms with Gasteiger partial charge in [0.15, 0.2) is 5.13 Å². The van der Waals surface area contributed by atoms with Crippen molar-refractivity contribution >= 4 is 32.7 Å². The van der Waals surface area contributed by atoms with Gasteiger partial charge in [0.2, 0.25) is 5.91 Å². The summed E-state index contributed by atoms with van der Waals surface area (Å²) in [5.74, 6) is -0.0712. The Morgan fingerprint density at radius 1 is 0.964 bits per heavy atom. The third-order valence-corrected chi connectivity index (χ3v) is 5.89. The Bertz CT molecular complexity index is 1080. The van der Waals surface area contributed by atoms with Gasteiger partial charge in [-0.15, -0.1) is 0 Å². The van der Waals surface area contributed by atoms with Crippen LogP contribution < -0.4 is 5.32 Å². The number of aromatic nitrogens is 2. The van der Waals surface area contributed by atoms with E-state index in [0.717, 1.165) is 29.0 Å². The Balaban J connectivity index is 1.45. The first-order valence-electron chi connectivity index (χ1n) is 9.16. The van der Waals surface area contributed by atoms with Crippen LogP contribution in [0.1, 0.15) is 22.7 Å². The highest BCUT2D eigenvalue weighted by molar-refractivity contribution is 7.21. The molecule has 4 aromatic rings. The van der Waals surface area contributed by atoms with Crippen molar-refractivity contribution < 1.29 is 4.79 Å². The Kier molecular flexibility index (Phi) is 4.35. The maximum absolute atomic E-state index is 13.3. The molecule has 2 aromatic carbocycles. The molecular formula is C22H18N4OS. The lowest BCUT2D eigenvalue weighted by Crippen LogP contribution is -2.34. The quantitative estimate of drug-likeness (QED) is 0.565. The van der Waals surface area contributed by atoms with Gasteiger partial charge in [-0.2, -0.15) is 0 Å². The number of hydrogen-bond donors (Lipinski definition) is 1. The monoisotopic (exact) mass is 386 g/mol. The van der Waals surface area contributed by atoms with Gasteiger partial charge in [0.05, 0.1) is 0 Å². The number of nitrogens with one attached hydrogen (secondary N) is 1. The summed E-state index contributed by atoms with van der Waals surface area (Å²) >= 11 is 1.40. The number of fused-ring (bicyclic) bond motifs is 2. The highest BCUT2D eigenvalue weighted by Gasteiger charge is 2.32. The number of carbonyl (C=O) groups is 1. The van der Waals surface area contributed by atoms with Gasteiger partial charge in [-0.1, -0.05) is 65.9 Å². The molecule has 3 heterocycles. The van der Waals surface area contributed by atoms with E-state index in [0.29, 0.717) is 5.13 Å². The predicted molar refractivity (Wildman–Crippen MR) is 111 cm³/mol. The smallest absolute Gasteiger partial charge is 0.248 e. The summed E-state index contributed by atoms with van der Waals surface area (Å²) in [4.78, 5) is 25.2. The molecular weight excluding hydrogens is 368 g/mol. The maximum Gasteiger partial charge on any atom is 0.248 e. The van der Waals surface area contributed by atoms with E-state index in [1.807, 2.05) is 54.6 Å². The van der Waals surface area contributed by atoms with Crippen molar-refractivity contribution in [1.82, 2.24) is 14.9 Å². The van der Waals surface area contributed by atoms with Crippen LogP contribution in [0.5, 0.6) is 0 Å². The van der Waals surface area contributed by atoms with Crippen LogP contribution in [0.25, 0.3) is 10.3 Å². The minimum atomic E-state index is -0.381. The number of nitrogens with zero attached hydrogens (tertiary/aromatic N) is 3. The highest BCUT2D eigenvalue weighted by Crippen LogP contribution is 2.33. The van der Waals surface area contributed by atoms with Crippen LogP contribution >= 0.6 is 11.3 Å². The van der Waals surface area contributed by atoms with Crippen molar-refractivity contribution in [2.75, 3.05) is 5.32 Å². The lowest BCUT2D eigenvalue weighted by molar-refractivity contribution is -0.121. The highest BCUT2D eigenvalue weighted by atomic mass is 32.1. The molecule has 5 rings (SSSR count). The molecule has 0 fully saturated rings. The second-order valence-electron chi connectivity index (χ2n) is 6.82. The van der Waals surface area contributed by atoms with Gasteiger partial charge >= 0.3 is 0 Å². The first-order chi connectivity index (χ1) is 13.8. The summed E-state index contributed by atoms with van der Waals surface area (Å²) in [6, 6.07) is 21.7. The Morgan fingerprint density at radius 2 is 1.68 bits per heavy atom. The number of hydrogen-bond acceptors (Lipinski definition) is 5. The molecule has 0 unspecified atom stereocenters. The summed E-state index contributed by atoms with van der Waals surface area (Å²) in [6.45, 7) is 1.51. The summed E-state index contributed by atoms with van der Waals surface area (Å²) in [6.07, 6.45) is 1.74. The number of amides is 1. The molecule has 1 aliphatic heterocycles. The van der Waals surface area contributed by atoms with Crippen LogP contribution in [-0.2, 0) is 17.9 Å². The number of thiazole rings is 1. The number of benzene rings is 2. The van der Waals surface area contributed by atoms with Gasteiger partial charge in [0.1, 0.15) is 16.4 Å². The standard InChI is InChI=1S/C22H18N4OS/c27-20(25-22-24-18-11-6-12-23-21(18)28-22)19(15-7-2-1-3-8-15)26-13-16-9-4-5-10-17(16)14-26/h1-12,19H,13-14H2,(H,24,25,27)/t19-/m1/s1. The molecule has 0 spiro atoms. The number of anilines is 1. The molecule has 0 saturated carbocycles. The molecule has 138 valence electrons. The summed E-state index contributed by atoms with van der Waals surface area (Å²) in [7, 11) is 0. The molecule has 1 aliphatic rings. The van der Waals surface area contributed by atoms with Gasteiger partial charge in [-0.05, 0) is 28.8 Å². The maximum atomic E-state index is 13.3. The van der Waals surface area contributed by atoms with E-state index < -0.39 is 0 Å². The van der Waals surface area contributed by atoms with Crippen molar-refractivity contribution in [3.05, 3.63) is 89.6 Å². The van der Waals surface area contributed by atoms with Gasteiger partial charge in [-0.3, -0.25) is 9.69 Å². The molecule has 0 saturated heterocycles. The average Bonchev–Trinajstić information content (AvgIpc) is 3.32. The molecule has 1 N–H and O–H groups in total. The zero-order chi connectivity index (χ0) is 18.9. The fourth-order valence-corrected chi connectivity index (χ4v) is 4.51. The fraction of sp³-hybridized carbons (Fsp3) is 0.136. The predicted octanol–water partition coefficient (Wildman–Crippen LogP) is 4.39. The van der Waals surface area contributed by atoms with Crippen molar-refractivity contribution in [2.45, 2.75) is 19.1 Å². The lowest BCUT2D eigenvalue weighted by Gasteiger charge is -2.26. The zero-order valence-electron chi connectivity index (χ0n) is 15.1. The topological polar surface area (TPSA) is 58.1 Å². The van der Waals surface area contributed by atoms with E-state index in [-0.39, 0.29) is 11.9 Å². The van der Waals surface area contributed by atoms with Crippen LogP contribution in [0.2, 0.25) is 0 Å². The second-order valence-corrected chi connectivity index (χ2v) is 7.80. The van der Waals surface area contributed by atoms with Gasteiger partial charge in [-0.25, -0.2) is 9.97 Å². The van der Waals surface area contributed by atoms with Gasteiger partial charge < -0.3 is 5.32 Å². The SMILES string of the molecule is O=C(Nc1nc2cccnc2s1)[C@@H](c1ccccc1)N1Cc2ccccc2C1. The largest absolute Gasteiger partial charge is 0.300 e. The van der Waals surface area contributed by atoms with E-state index in [1.165, 1.54) is 22.5 Å². The minimum absolute atomic E-state index is 0.0712. The van der Waals surface area contributed by atoms with E-state index in [1.54, 1.807) is 6.20 Å². The molecule has 5 nitrogen and oxygen atoms in total. The third-order valence-electron chi connectivity index (χ3n) is 4.99. The van der Waals surface area contributed by atoms with Crippen molar-refractivity contribution in [1.29, 1.82) is 0 Å². The Labute approximate surface area is 166 Å². The van der Waals surface area contributed by atoms with Crippen molar-refractivity contribution in [2.24, 2.45) is 0 Å². The molecule has 1 atom stereocenters. The van der Waals surface area contributed by atoms with Crippen LogP contribution in [0.15, 0.2) is 72.9 Å². The molecule has 28 heavy (non-hydrogen) atoms. The van der Waals surface area contributed by atoms with Crippen LogP contribution in [-0.4, -0.2) is 20.8 Å². The fourth-order valence-electron chi connectivity index (χ4n) is 3.70. The number of pyridine rings is 1. The van der Waals surface area contributed by atoms with Crippen molar-refractivity contribution in [3.8, 4) is 0 Å². The second kappa shape index (κ2) is 7.14. The van der Waals surface area contributed by atoms with E-state index in [2.05, 4.69) is 32.3 Å². The Hall–Kier alpha value is -3.09. The number of carbonyl (C=O) groups excluding carboxylic acids is 1. The summed E-state index contributed by atoms with van der Waals surface area (Å²) in [5, 5.41) is 3.60. The molecule has 0 radical (unpaired) electrons. The summed E-state index contributed by atoms with van der Waals surface area (Å²) < 4.78 is 0. The average molecular weight is 386 g/mol. The normalized spacial score (nSPS) is 14.7. The van der Waals surface area contributed by atoms with E-state index in [4.69, 9.17) is 0 Å². The van der Waals surface area contributed by atoms with Gasteiger partial charge in [0, 0.05) is 19.3 Å². The first kappa shape index (κ1) is 17.0. The van der Waals surface area contributed by atoms with Crippen LogP contribution in [0.3, 0.4) is 0 Å². The van der Waals surface area contributed by atoms with E-state index >= 15 is 0 Å². The van der Waals surface area contributed by atoms with E-state index in [9.17, 15) is 4.79 Å². The molecule has 6 heteroatoms. The Morgan fingerprint density at radius 3 is 2.39 bits per heavy atom. The molecule has 2 aromatic heterocycles. The summed E-state index contributed by atoms with van der Waals surface area (Å²) in [5.41, 5.74) is 4.33. The van der Waals surface area contributed by atoms with Crippen LogP contribution in [0.4, 0.5) is 5.13 Å². The molecule has 1 amide bonds.